The van der Waals surface area contributed by atoms with Crippen molar-refractivity contribution in [1.29, 1.82) is 0 Å². The van der Waals surface area contributed by atoms with Crippen molar-refractivity contribution >= 4 is 17.6 Å². The minimum absolute atomic E-state index is 0.0163. The summed E-state index contributed by atoms with van der Waals surface area (Å²) in [5.41, 5.74) is -0.101. The zero-order chi connectivity index (χ0) is 15.2. The first-order chi connectivity index (χ1) is 10.1. The standard InChI is InChI=1S/C13H11N3O5/c17-11-6-14-9(5-15-11)13(20)16-8-3-1-2-4-10(8)21-7-12(18)19/h1-6H,7H2,(H,15,17)(H,16,20)(H,18,19). The number of carbonyl (C=O) groups excluding carboxylic acids is 1. The average Bonchev–Trinajstić information content (AvgIpc) is 2.47. The van der Waals surface area contributed by atoms with Crippen LogP contribution >= 0.6 is 0 Å². The van der Waals surface area contributed by atoms with Crippen molar-refractivity contribution in [2.75, 3.05) is 11.9 Å². The van der Waals surface area contributed by atoms with Crippen LogP contribution in [-0.2, 0) is 4.79 Å². The van der Waals surface area contributed by atoms with Gasteiger partial charge in [-0.25, -0.2) is 9.78 Å². The van der Waals surface area contributed by atoms with Gasteiger partial charge in [-0.3, -0.25) is 9.59 Å². The number of aliphatic carboxylic acids is 1. The van der Waals surface area contributed by atoms with Crippen molar-refractivity contribution in [2.24, 2.45) is 0 Å². The minimum atomic E-state index is -1.13. The molecule has 1 aromatic carbocycles. The van der Waals surface area contributed by atoms with Gasteiger partial charge in [-0.1, -0.05) is 12.1 Å². The topological polar surface area (TPSA) is 121 Å². The summed E-state index contributed by atoms with van der Waals surface area (Å²) in [5, 5.41) is 11.1. The zero-order valence-corrected chi connectivity index (χ0v) is 10.7. The number of hydrogen-bond acceptors (Lipinski definition) is 5. The van der Waals surface area contributed by atoms with Crippen LogP contribution in [0.15, 0.2) is 41.5 Å². The monoisotopic (exact) mass is 289 g/mol. The Morgan fingerprint density at radius 3 is 2.76 bits per heavy atom. The lowest BCUT2D eigenvalue weighted by Crippen LogP contribution is -2.18. The Morgan fingerprint density at radius 1 is 1.33 bits per heavy atom. The molecule has 0 radical (unpaired) electrons. The van der Waals surface area contributed by atoms with Crippen molar-refractivity contribution in [2.45, 2.75) is 0 Å². The molecular formula is C13H11N3O5. The lowest BCUT2D eigenvalue weighted by molar-refractivity contribution is -0.139. The molecule has 1 aromatic heterocycles. The van der Waals surface area contributed by atoms with Crippen LogP contribution in [0.2, 0.25) is 0 Å². The lowest BCUT2D eigenvalue weighted by Gasteiger charge is -2.10. The summed E-state index contributed by atoms with van der Waals surface area (Å²) in [6.07, 6.45) is 2.17. The van der Waals surface area contributed by atoms with Gasteiger partial charge in [-0.05, 0) is 12.1 Å². The van der Waals surface area contributed by atoms with Gasteiger partial charge < -0.3 is 20.1 Å². The van der Waals surface area contributed by atoms with Crippen molar-refractivity contribution in [3.05, 3.63) is 52.7 Å². The minimum Gasteiger partial charge on any atom is -0.480 e. The smallest absolute Gasteiger partial charge is 0.341 e. The zero-order valence-electron chi connectivity index (χ0n) is 10.7. The summed E-state index contributed by atoms with van der Waals surface area (Å²) in [6, 6.07) is 6.38. The highest BCUT2D eigenvalue weighted by molar-refractivity contribution is 6.03. The van der Waals surface area contributed by atoms with E-state index in [0.29, 0.717) is 5.69 Å². The number of rotatable bonds is 5. The average molecular weight is 289 g/mol. The number of nitrogens with zero attached hydrogens (tertiary/aromatic N) is 1. The Labute approximate surface area is 118 Å². The molecule has 2 aromatic rings. The molecule has 0 saturated heterocycles. The Bertz CT molecular complexity index is 705. The number of nitrogens with one attached hydrogen (secondary N) is 2. The third-order valence-electron chi connectivity index (χ3n) is 2.39. The van der Waals surface area contributed by atoms with Crippen LogP contribution in [0.1, 0.15) is 10.5 Å². The molecule has 0 bridgehead atoms. The molecule has 0 saturated carbocycles. The van der Waals surface area contributed by atoms with Gasteiger partial charge in [0.15, 0.2) is 6.61 Å². The first-order valence-electron chi connectivity index (χ1n) is 5.86. The predicted octanol–water partition coefficient (Wildman–Crippen LogP) is 0.486. The highest BCUT2D eigenvalue weighted by atomic mass is 16.5. The number of benzene rings is 1. The largest absolute Gasteiger partial charge is 0.480 e. The summed E-state index contributed by atoms with van der Waals surface area (Å²) in [7, 11) is 0. The van der Waals surface area contributed by atoms with Gasteiger partial charge in [0.25, 0.3) is 11.5 Å². The molecule has 0 spiro atoms. The fourth-order valence-electron chi connectivity index (χ4n) is 1.49. The van der Waals surface area contributed by atoms with E-state index in [2.05, 4.69) is 15.3 Å². The number of amides is 1. The number of carboxylic acids is 1. The summed E-state index contributed by atoms with van der Waals surface area (Å²) in [5.74, 6) is -1.46. The maximum atomic E-state index is 11.9. The van der Waals surface area contributed by atoms with Gasteiger partial charge in [-0.15, -0.1) is 0 Å². The second kappa shape index (κ2) is 6.33. The number of anilines is 1. The third-order valence-corrected chi connectivity index (χ3v) is 2.39. The van der Waals surface area contributed by atoms with Gasteiger partial charge in [-0.2, -0.15) is 0 Å². The number of hydrogen-bond donors (Lipinski definition) is 3. The fourth-order valence-corrected chi connectivity index (χ4v) is 1.49. The molecule has 1 heterocycles. The summed E-state index contributed by atoms with van der Waals surface area (Å²) in [6.45, 7) is -0.524. The summed E-state index contributed by atoms with van der Waals surface area (Å²) in [4.78, 5) is 39.4. The van der Waals surface area contributed by atoms with Crippen LogP contribution < -0.4 is 15.6 Å². The van der Waals surface area contributed by atoms with E-state index in [-0.39, 0.29) is 11.4 Å². The second-order valence-electron chi connectivity index (χ2n) is 3.93. The Morgan fingerprint density at radius 2 is 2.10 bits per heavy atom. The molecule has 0 aliphatic carbocycles. The molecule has 8 nitrogen and oxygen atoms in total. The van der Waals surface area contributed by atoms with E-state index in [1.54, 1.807) is 18.2 Å². The van der Waals surface area contributed by atoms with E-state index in [0.717, 1.165) is 6.20 Å². The van der Waals surface area contributed by atoms with E-state index >= 15 is 0 Å². The highest BCUT2D eigenvalue weighted by Crippen LogP contribution is 2.23. The first-order valence-corrected chi connectivity index (χ1v) is 5.86. The van der Waals surface area contributed by atoms with Crippen molar-refractivity contribution in [3.63, 3.8) is 0 Å². The van der Waals surface area contributed by atoms with Crippen LogP contribution in [0.25, 0.3) is 0 Å². The molecule has 3 N–H and O–H groups in total. The lowest BCUT2D eigenvalue weighted by atomic mass is 10.3. The number of ether oxygens (including phenoxy) is 1. The van der Waals surface area contributed by atoms with Gasteiger partial charge in [0.2, 0.25) is 0 Å². The van der Waals surface area contributed by atoms with E-state index in [1.165, 1.54) is 12.3 Å². The molecule has 21 heavy (non-hydrogen) atoms. The molecular weight excluding hydrogens is 278 g/mol. The second-order valence-corrected chi connectivity index (χ2v) is 3.93. The van der Waals surface area contributed by atoms with Gasteiger partial charge >= 0.3 is 5.97 Å². The Hall–Kier alpha value is -3.16. The van der Waals surface area contributed by atoms with Gasteiger partial charge in [0, 0.05) is 6.20 Å². The molecule has 0 unspecified atom stereocenters. The molecule has 0 aliphatic rings. The van der Waals surface area contributed by atoms with Gasteiger partial charge in [0.1, 0.15) is 11.4 Å². The third kappa shape index (κ3) is 3.90. The first kappa shape index (κ1) is 14.3. The predicted molar refractivity (Wildman–Crippen MR) is 72.4 cm³/mol. The fraction of sp³-hybridized carbons (Fsp3) is 0.0769. The number of aromatic nitrogens is 2. The SMILES string of the molecule is O=C(O)COc1ccccc1NC(=O)c1c[nH]c(=O)cn1. The number of para-hydroxylation sites is 2. The number of aromatic amines is 1. The molecule has 2 rings (SSSR count). The van der Waals surface area contributed by atoms with Crippen LogP contribution in [0.3, 0.4) is 0 Å². The molecule has 108 valence electrons. The highest BCUT2D eigenvalue weighted by Gasteiger charge is 2.11. The molecule has 0 aliphatic heterocycles. The summed E-state index contributed by atoms with van der Waals surface area (Å²) < 4.78 is 5.06. The van der Waals surface area contributed by atoms with Crippen LogP contribution in [0, 0.1) is 0 Å². The number of carbonyl (C=O) groups is 2. The maximum absolute atomic E-state index is 11.9. The van der Waals surface area contributed by atoms with Crippen molar-refractivity contribution < 1.29 is 19.4 Å². The molecule has 0 fully saturated rings. The van der Waals surface area contributed by atoms with E-state index in [9.17, 15) is 14.4 Å². The van der Waals surface area contributed by atoms with E-state index in [4.69, 9.17) is 9.84 Å². The van der Waals surface area contributed by atoms with Crippen LogP contribution in [0.5, 0.6) is 5.75 Å². The Balaban J connectivity index is 2.15. The summed E-state index contributed by atoms with van der Waals surface area (Å²) >= 11 is 0. The normalized spacial score (nSPS) is 9.90. The number of H-pyrrole nitrogens is 1. The molecule has 1 amide bonds. The molecule has 0 atom stereocenters. The number of carboxylic acid groups (broad SMARTS) is 1. The maximum Gasteiger partial charge on any atom is 0.341 e. The van der Waals surface area contributed by atoms with E-state index < -0.39 is 24.0 Å². The van der Waals surface area contributed by atoms with Gasteiger partial charge in [0.05, 0.1) is 11.9 Å². The Kier molecular flexibility index (Phi) is 4.30. The molecule has 8 heteroatoms. The quantitative estimate of drug-likeness (QED) is 0.736. The van der Waals surface area contributed by atoms with E-state index in [1.807, 2.05) is 0 Å². The van der Waals surface area contributed by atoms with Crippen LogP contribution in [-0.4, -0.2) is 33.6 Å². The van der Waals surface area contributed by atoms with Crippen LogP contribution in [0.4, 0.5) is 5.69 Å². The van der Waals surface area contributed by atoms with Crippen molar-refractivity contribution in [3.8, 4) is 5.75 Å². The van der Waals surface area contributed by atoms with Crippen molar-refractivity contribution in [1.82, 2.24) is 9.97 Å².